The van der Waals surface area contributed by atoms with Crippen LogP contribution in [0.1, 0.15) is 33.1 Å². The van der Waals surface area contributed by atoms with Gasteiger partial charge in [-0.1, -0.05) is 6.07 Å². The molecule has 0 saturated carbocycles. The Morgan fingerprint density at radius 1 is 1.33 bits per heavy atom. The Hall–Kier alpha value is -2.28. The first kappa shape index (κ1) is 24.0. The molecule has 30 heavy (non-hydrogen) atoms. The number of likely N-dealkylation sites (tertiary alicyclic amines) is 1. The smallest absolute Gasteiger partial charge is 0.338 e. The van der Waals surface area contributed by atoms with Crippen LogP contribution in [0.15, 0.2) is 24.4 Å². The van der Waals surface area contributed by atoms with Crippen molar-refractivity contribution in [2.75, 3.05) is 32.6 Å². The zero-order valence-electron chi connectivity index (χ0n) is 17.6. The van der Waals surface area contributed by atoms with Crippen LogP contribution in [0, 0.1) is 10.1 Å². The van der Waals surface area contributed by atoms with E-state index in [-0.39, 0.29) is 10.6 Å². The Labute approximate surface area is 176 Å². The minimum Gasteiger partial charge on any atom is -0.726 e. The Bertz CT molecular complexity index is 967. The van der Waals surface area contributed by atoms with Gasteiger partial charge in [-0.05, 0) is 45.2 Å². The first-order chi connectivity index (χ1) is 14.0. The molecule has 12 heteroatoms. The van der Waals surface area contributed by atoms with Crippen LogP contribution in [0.25, 0.3) is 5.52 Å². The van der Waals surface area contributed by atoms with Gasteiger partial charge in [-0.15, -0.1) is 5.10 Å². The summed E-state index contributed by atoms with van der Waals surface area (Å²) >= 11 is 0. The fraction of sp³-hybridized carbons (Fsp3) is 0.611. The number of nitro groups is 1. The van der Waals surface area contributed by atoms with Gasteiger partial charge in [-0.3, -0.25) is 14.3 Å². The van der Waals surface area contributed by atoms with Crippen LogP contribution in [0.2, 0.25) is 0 Å². The summed E-state index contributed by atoms with van der Waals surface area (Å²) in [6.45, 7) is 6.23. The van der Waals surface area contributed by atoms with E-state index in [9.17, 15) is 23.1 Å². The lowest BCUT2D eigenvalue weighted by Crippen LogP contribution is -2.60. The van der Waals surface area contributed by atoms with Crippen molar-refractivity contribution < 1.29 is 26.6 Å². The molecule has 1 aliphatic rings. The number of hydrogen-bond acceptors (Lipinski definition) is 8. The molecule has 0 amide bonds. The van der Waals surface area contributed by atoms with Crippen LogP contribution in [0.3, 0.4) is 0 Å². The molecule has 0 aromatic carbocycles. The van der Waals surface area contributed by atoms with Gasteiger partial charge in [0.25, 0.3) is 0 Å². The van der Waals surface area contributed by atoms with Crippen molar-refractivity contribution >= 4 is 27.4 Å². The number of quaternary nitrogens is 1. The van der Waals surface area contributed by atoms with Crippen molar-refractivity contribution in [3.8, 4) is 0 Å². The molecule has 1 N–H and O–H groups in total. The van der Waals surface area contributed by atoms with Crippen LogP contribution in [0.4, 0.5) is 11.5 Å². The maximum Gasteiger partial charge on any atom is 0.338 e. The Morgan fingerprint density at radius 2 is 1.93 bits per heavy atom. The molecule has 2 aromatic heterocycles. The summed E-state index contributed by atoms with van der Waals surface area (Å²) in [5, 5.41) is 19.0. The van der Waals surface area contributed by atoms with E-state index >= 15 is 0 Å². The largest absolute Gasteiger partial charge is 0.726 e. The molecule has 0 radical (unpaired) electrons. The lowest BCUT2D eigenvalue weighted by molar-refractivity contribution is -0.956. The van der Waals surface area contributed by atoms with E-state index in [1.165, 1.54) is 19.3 Å². The van der Waals surface area contributed by atoms with Crippen molar-refractivity contribution in [2.45, 2.75) is 45.2 Å². The number of nitrogens with zero attached hydrogens (tertiary/aromatic N) is 4. The Balaban J connectivity index is 0.000000469. The zero-order chi connectivity index (χ0) is 22.5. The molecule has 0 aliphatic carbocycles. The van der Waals surface area contributed by atoms with Gasteiger partial charge in [0.1, 0.15) is 5.52 Å². The van der Waals surface area contributed by atoms with Crippen LogP contribution in [-0.2, 0) is 14.6 Å². The van der Waals surface area contributed by atoms with E-state index < -0.39 is 10.4 Å². The maximum absolute atomic E-state index is 11.4. The van der Waals surface area contributed by atoms with Crippen molar-refractivity contribution in [3.63, 3.8) is 0 Å². The minimum atomic E-state index is -4.41. The van der Waals surface area contributed by atoms with Crippen molar-refractivity contribution in [1.82, 2.24) is 9.61 Å². The minimum absolute atomic E-state index is 0.0537. The highest BCUT2D eigenvalue weighted by Crippen LogP contribution is 2.31. The molecule has 0 bridgehead atoms. The summed E-state index contributed by atoms with van der Waals surface area (Å²) in [6.07, 6.45) is 5.52. The molecule has 168 valence electrons. The third-order valence-corrected chi connectivity index (χ3v) is 6.45. The normalized spacial score (nSPS) is 24.2. The molecule has 3 heterocycles. The molecule has 1 saturated heterocycles. The number of anilines is 1. The number of nitrogens with one attached hydrogen (secondary N) is 1. The third-order valence-electron chi connectivity index (χ3n) is 6.04. The van der Waals surface area contributed by atoms with Gasteiger partial charge in [-0.2, -0.15) is 0 Å². The van der Waals surface area contributed by atoms with Gasteiger partial charge in [-0.25, -0.2) is 12.9 Å². The average molecular weight is 444 g/mol. The van der Waals surface area contributed by atoms with Crippen LogP contribution < -0.4 is 5.32 Å². The number of hydrogen-bond donors (Lipinski definition) is 1. The van der Waals surface area contributed by atoms with Gasteiger partial charge >= 0.3 is 5.69 Å². The zero-order valence-corrected chi connectivity index (χ0v) is 18.5. The van der Waals surface area contributed by atoms with E-state index in [1.807, 2.05) is 6.07 Å². The first-order valence-corrected chi connectivity index (χ1v) is 11.0. The van der Waals surface area contributed by atoms with Crippen LogP contribution in [-0.4, -0.2) is 71.3 Å². The van der Waals surface area contributed by atoms with Gasteiger partial charge in [0.05, 0.1) is 44.3 Å². The second kappa shape index (κ2) is 9.69. The number of rotatable bonds is 6. The van der Waals surface area contributed by atoms with Gasteiger partial charge in [0.15, 0.2) is 0 Å². The second-order valence-electron chi connectivity index (χ2n) is 7.69. The van der Waals surface area contributed by atoms with Gasteiger partial charge < -0.3 is 14.4 Å². The predicted octanol–water partition coefficient (Wildman–Crippen LogP) is 2.15. The molecular formula is C18H29N5O6S. The van der Waals surface area contributed by atoms with E-state index in [4.69, 9.17) is 0 Å². The SMILES string of the molecule is CC1CCCC(C)[N+]1(C)CCNc1nn2ccccc2c1[N+](=O)[O-].COS(=O)(=O)[O-]. The molecule has 3 rings (SSSR count). The molecule has 0 spiro atoms. The molecule has 11 nitrogen and oxygen atoms in total. The number of pyridine rings is 1. The second-order valence-corrected chi connectivity index (χ2v) is 8.84. The molecule has 2 aromatic rings. The van der Waals surface area contributed by atoms with Crippen LogP contribution in [0.5, 0.6) is 0 Å². The average Bonchev–Trinajstić information content (AvgIpc) is 3.05. The fourth-order valence-corrected chi connectivity index (χ4v) is 3.87. The van der Waals surface area contributed by atoms with Crippen LogP contribution >= 0.6 is 0 Å². The summed E-state index contributed by atoms with van der Waals surface area (Å²) in [5.41, 5.74) is 0.572. The summed E-state index contributed by atoms with van der Waals surface area (Å²) in [7, 11) is -1.30. The standard InChI is InChI=1S/C17H26N5O2.CH4O4S/c1-13-7-6-8-14(2)22(13,3)12-10-18-17-16(21(23)24)15-9-4-5-11-20(15)19-17;1-5-6(2,3)4/h4-5,9,11,13-14H,6-8,10,12H2,1-3H3,(H,18,19);1H3,(H,2,3,4)/q+1;/p-1. The third kappa shape index (κ3) is 5.65. The number of aromatic nitrogens is 2. The predicted molar refractivity (Wildman–Crippen MR) is 111 cm³/mol. The first-order valence-electron chi connectivity index (χ1n) is 9.71. The summed E-state index contributed by atoms with van der Waals surface area (Å²) in [4.78, 5) is 11.1. The van der Waals surface area contributed by atoms with Crippen molar-refractivity contribution in [3.05, 3.63) is 34.5 Å². The van der Waals surface area contributed by atoms with E-state index in [0.717, 1.165) is 18.1 Å². The van der Waals surface area contributed by atoms with Gasteiger partial charge in [0, 0.05) is 6.20 Å². The van der Waals surface area contributed by atoms with Gasteiger partial charge in [0.2, 0.25) is 16.2 Å². The molecular weight excluding hydrogens is 414 g/mol. The maximum atomic E-state index is 11.4. The molecule has 2 unspecified atom stereocenters. The molecule has 2 atom stereocenters. The molecule has 1 fully saturated rings. The Morgan fingerprint density at radius 3 is 2.47 bits per heavy atom. The topological polar surface area (TPSA) is 139 Å². The monoisotopic (exact) mass is 443 g/mol. The van der Waals surface area contributed by atoms with E-state index in [0.29, 0.717) is 30.0 Å². The highest BCUT2D eigenvalue weighted by atomic mass is 32.3. The highest BCUT2D eigenvalue weighted by Gasteiger charge is 2.37. The number of piperidine rings is 1. The van der Waals surface area contributed by atoms with Crippen molar-refractivity contribution in [1.29, 1.82) is 0 Å². The fourth-order valence-electron chi connectivity index (χ4n) is 3.87. The number of fused-ring (bicyclic) bond motifs is 1. The quantitative estimate of drug-likeness (QED) is 0.236. The summed E-state index contributed by atoms with van der Waals surface area (Å²) in [6, 6.07) is 6.56. The van der Waals surface area contributed by atoms with Crippen molar-refractivity contribution in [2.24, 2.45) is 0 Å². The highest BCUT2D eigenvalue weighted by molar-refractivity contribution is 7.80. The molecule has 1 aliphatic heterocycles. The number of likely N-dealkylation sites (N-methyl/N-ethyl adjacent to an activating group) is 1. The lowest BCUT2D eigenvalue weighted by Gasteiger charge is -2.48. The lowest BCUT2D eigenvalue weighted by atomic mass is 9.94. The summed E-state index contributed by atoms with van der Waals surface area (Å²) in [5.74, 6) is 0.357. The Kier molecular flexibility index (Phi) is 7.75. The van der Waals surface area contributed by atoms with E-state index in [2.05, 4.69) is 35.5 Å². The summed E-state index contributed by atoms with van der Waals surface area (Å²) < 4.78 is 33.6. The van der Waals surface area contributed by atoms with E-state index in [1.54, 1.807) is 22.8 Å².